The SMILES string of the molecule is CCC(C)[C@H](N=[N+]=[N-])C(=O)C[C@H](C[C@@H](OC(C)=O)c1nc(C(=O)OC)cs1)C(C)C. The molecule has 10 heteroatoms. The van der Waals surface area contributed by atoms with E-state index in [1.54, 1.807) is 5.38 Å². The molecule has 30 heavy (non-hydrogen) atoms. The van der Waals surface area contributed by atoms with Gasteiger partial charge < -0.3 is 9.47 Å². The molecule has 4 atom stereocenters. The van der Waals surface area contributed by atoms with Crippen LogP contribution in [0.5, 0.6) is 0 Å². The number of nitrogens with zero attached hydrogens (tertiary/aromatic N) is 4. The maximum Gasteiger partial charge on any atom is 0.357 e. The summed E-state index contributed by atoms with van der Waals surface area (Å²) in [5.74, 6) is -1.26. The summed E-state index contributed by atoms with van der Waals surface area (Å²) in [6.45, 7) is 9.09. The van der Waals surface area contributed by atoms with Gasteiger partial charge >= 0.3 is 11.9 Å². The van der Waals surface area contributed by atoms with Crippen LogP contribution >= 0.6 is 11.3 Å². The van der Waals surface area contributed by atoms with Crippen molar-refractivity contribution in [2.75, 3.05) is 7.11 Å². The van der Waals surface area contributed by atoms with Crippen LogP contribution in [-0.2, 0) is 19.1 Å². The maximum absolute atomic E-state index is 12.9. The van der Waals surface area contributed by atoms with Crippen molar-refractivity contribution < 1.29 is 23.9 Å². The number of rotatable bonds is 12. The topological polar surface area (TPSA) is 131 Å². The average Bonchev–Trinajstić information content (AvgIpc) is 3.19. The van der Waals surface area contributed by atoms with Gasteiger partial charge in [-0.05, 0) is 29.7 Å². The lowest BCUT2D eigenvalue weighted by atomic mass is 9.82. The highest BCUT2D eigenvalue weighted by atomic mass is 32.1. The lowest BCUT2D eigenvalue weighted by molar-refractivity contribution is -0.147. The van der Waals surface area contributed by atoms with Gasteiger partial charge in [0.2, 0.25) is 0 Å². The molecule has 0 saturated carbocycles. The first kappa shape index (κ1) is 25.6. The van der Waals surface area contributed by atoms with E-state index in [4.69, 9.17) is 10.3 Å². The average molecular weight is 439 g/mol. The standard InChI is InChI=1S/C20H30N4O5S/c1-7-12(4)18(23-24-21)16(26)8-14(11(2)3)9-17(29-13(5)25)19-22-15(10-30-19)20(27)28-6/h10-12,14,17-18H,7-9H2,1-6H3/t12?,14-,17-,18+/m1/s1. The Morgan fingerprint density at radius 3 is 2.47 bits per heavy atom. The molecule has 1 heterocycles. The summed E-state index contributed by atoms with van der Waals surface area (Å²) in [5, 5.41) is 5.73. The van der Waals surface area contributed by atoms with Crippen molar-refractivity contribution in [3.8, 4) is 0 Å². The molecule has 0 bridgehead atoms. The van der Waals surface area contributed by atoms with Crippen molar-refractivity contribution in [2.45, 2.75) is 66.0 Å². The Morgan fingerprint density at radius 2 is 1.97 bits per heavy atom. The van der Waals surface area contributed by atoms with Crippen LogP contribution in [0.1, 0.15) is 75.5 Å². The third-order valence-corrected chi connectivity index (χ3v) is 6.05. The fourth-order valence-corrected chi connectivity index (χ4v) is 3.88. The van der Waals surface area contributed by atoms with E-state index in [0.717, 1.165) is 0 Å². The molecule has 0 fully saturated rings. The fourth-order valence-electron chi connectivity index (χ4n) is 3.05. The summed E-state index contributed by atoms with van der Waals surface area (Å²) in [6.07, 6.45) is 0.583. The van der Waals surface area contributed by atoms with Crippen molar-refractivity contribution >= 4 is 29.1 Å². The normalized spacial score (nSPS) is 14.9. The van der Waals surface area contributed by atoms with Crippen LogP contribution in [0.25, 0.3) is 10.4 Å². The van der Waals surface area contributed by atoms with Crippen molar-refractivity contribution in [3.63, 3.8) is 0 Å². The zero-order valence-electron chi connectivity index (χ0n) is 18.3. The summed E-state index contributed by atoms with van der Waals surface area (Å²) in [6, 6.07) is -0.723. The Hall–Kier alpha value is -2.45. The third kappa shape index (κ3) is 7.42. The highest BCUT2D eigenvalue weighted by Gasteiger charge is 2.31. The van der Waals surface area contributed by atoms with Crippen molar-refractivity contribution in [3.05, 3.63) is 26.5 Å². The van der Waals surface area contributed by atoms with Gasteiger partial charge in [-0.1, -0.05) is 39.2 Å². The number of carbonyl (C=O) groups excluding carboxylic acids is 3. The largest absolute Gasteiger partial charge is 0.464 e. The number of azide groups is 1. The van der Waals surface area contributed by atoms with Gasteiger partial charge in [0.25, 0.3) is 0 Å². The van der Waals surface area contributed by atoms with E-state index in [2.05, 4.69) is 19.7 Å². The summed E-state index contributed by atoms with van der Waals surface area (Å²) in [4.78, 5) is 43.3. The highest BCUT2D eigenvalue weighted by molar-refractivity contribution is 7.09. The molecule has 0 spiro atoms. The van der Waals surface area contributed by atoms with E-state index in [1.807, 2.05) is 27.7 Å². The van der Waals surface area contributed by atoms with E-state index in [-0.39, 0.29) is 35.7 Å². The number of hydrogen-bond acceptors (Lipinski definition) is 8. The monoisotopic (exact) mass is 438 g/mol. The molecular formula is C20H30N4O5S. The van der Waals surface area contributed by atoms with Gasteiger partial charge in [-0.25, -0.2) is 9.78 Å². The maximum atomic E-state index is 12.9. The van der Waals surface area contributed by atoms with Gasteiger partial charge in [-0.2, -0.15) is 0 Å². The smallest absolute Gasteiger partial charge is 0.357 e. The molecule has 1 unspecified atom stereocenters. The number of carbonyl (C=O) groups is 3. The molecule has 0 aromatic carbocycles. The number of methoxy groups -OCH3 is 1. The molecule has 166 valence electrons. The Bertz CT molecular complexity index is 788. The van der Waals surface area contributed by atoms with Crippen LogP contribution in [0.3, 0.4) is 0 Å². The van der Waals surface area contributed by atoms with E-state index < -0.39 is 24.1 Å². The molecule has 0 aliphatic rings. The Balaban J connectivity index is 3.08. The van der Waals surface area contributed by atoms with Crippen LogP contribution in [0.4, 0.5) is 0 Å². The number of ketones is 1. The first-order chi connectivity index (χ1) is 14.1. The molecule has 1 rings (SSSR count). The predicted octanol–water partition coefficient (Wildman–Crippen LogP) is 4.88. The number of Topliss-reactive ketones (excluding diaryl/α,β-unsaturated/α-hetero) is 1. The molecule has 0 aliphatic carbocycles. The minimum absolute atomic E-state index is 0.0629. The number of ether oxygens (including phenoxy) is 2. The van der Waals surface area contributed by atoms with Crippen LogP contribution in [0.2, 0.25) is 0 Å². The van der Waals surface area contributed by atoms with Crippen molar-refractivity contribution in [1.29, 1.82) is 0 Å². The lowest BCUT2D eigenvalue weighted by Crippen LogP contribution is -2.29. The molecule has 0 radical (unpaired) electrons. The molecule has 0 N–H and O–H groups in total. The zero-order chi connectivity index (χ0) is 22.8. The van der Waals surface area contributed by atoms with Crippen molar-refractivity contribution in [1.82, 2.24) is 4.98 Å². The molecule has 0 saturated heterocycles. The predicted molar refractivity (Wildman–Crippen MR) is 113 cm³/mol. The highest BCUT2D eigenvalue weighted by Crippen LogP contribution is 2.34. The summed E-state index contributed by atoms with van der Waals surface area (Å²) in [7, 11) is 1.27. The van der Waals surface area contributed by atoms with E-state index in [9.17, 15) is 14.4 Å². The second-order valence-electron chi connectivity index (χ2n) is 7.61. The zero-order valence-corrected chi connectivity index (χ0v) is 19.1. The van der Waals surface area contributed by atoms with Gasteiger partial charge in [0.1, 0.15) is 10.8 Å². The third-order valence-electron chi connectivity index (χ3n) is 5.11. The minimum atomic E-state index is -0.723. The Morgan fingerprint density at radius 1 is 1.30 bits per heavy atom. The lowest BCUT2D eigenvalue weighted by Gasteiger charge is -2.26. The Kier molecular flexibility index (Phi) is 10.5. The minimum Gasteiger partial charge on any atom is -0.464 e. The first-order valence-electron chi connectivity index (χ1n) is 9.92. The molecule has 1 aromatic rings. The number of thiazole rings is 1. The Labute approximate surface area is 180 Å². The fraction of sp³-hybridized carbons (Fsp3) is 0.700. The second kappa shape index (κ2) is 12.3. The first-order valence-corrected chi connectivity index (χ1v) is 10.8. The van der Waals surface area contributed by atoms with Gasteiger partial charge in [-0.15, -0.1) is 11.3 Å². The summed E-state index contributed by atoms with van der Waals surface area (Å²) < 4.78 is 10.1. The number of esters is 2. The van der Waals surface area contributed by atoms with Crippen LogP contribution in [0, 0.1) is 17.8 Å². The van der Waals surface area contributed by atoms with E-state index >= 15 is 0 Å². The van der Waals surface area contributed by atoms with Crippen LogP contribution in [0.15, 0.2) is 10.5 Å². The van der Waals surface area contributed by atoms with Gasteiger partial charge in [0, 0.05) is 23.6 Å². The number of hydrogen-bond donors (Lipinski definition) is 0. The quantitative estimate of drug-likeness (QED) is 0.198. The van der Waals surface area contributed by atoms with Crippen LogP contribution in [-0.4, -0.2) is 35.9 Å². The van der Waals surface area contributed by atoms with Gasteiger partial charge in [0.05, 0.1) is 13.2 Å². The van der Waals surface area contributed by atoms with E-state index in [0.29, 0.717) is 17.8 Å². The molecule has 1 aromatic heterocycles. The van der Waals surface area contributed by atoms with Crippen LogP contribution < -0.4 is 0 Å². The number of aromatic nitrogens is 1. The molecular weight excluding hydrogens is 408 g/mol. The summed E-state index contributed by atoms with van der Waals surface area (Å²) >= 11 is 1.20. The summed E-state index contributed by atoms with van der Waals surface area (Å²) in [5.41, 5.74) is 8.98. The van der Waals surface area contributed by atoms with E-state index in [1.165, 1.54) is 25.4 Å². The second-order valence-corrected chi connectivity index (χ2v) is 8.50. The molecule has 0 aliphatic heterocycles. The van der Waals surface area contributed by atoms with Gasteiger partial charge in [0.15, 0.2) is 11.8 Å². The molecule has 9 nitrogen and oxygen atoms in total. The van der Waals surface area contributed by atoms with Gasteiger partial charge in [-0.3, -0.25) is 9.59 Å². The van der Waals surface area contributed by atoms with Crippen molar-refractivity contribution in [2.24, 2.45) is 22.9 Å². The molecule has 0 amide bonds.